The van der Waals surface area contributed by atoms with E-state index in [-0.39, 0.29) is 5.78 Å². The Morgan fingerprint density at radius 2 is 2.41 bits per heavy atom. The average molecular weight is 298 g/mol. The van der Waals surface area contributed by atoms with E-state index < -0.39 is 0 Å². The van der Waals surface area contributed by atoms with Gasteiger partial charge in [-0.2, -0.15) is 0 Å². The van der Waals surface area contributed by atoms with Gasteiger partial charge in [-0.15, -0.1) is 0 Å². The molecule has 1 atom stereocenters. The van der Waals surface area contributed by atoms with Gasteiger partial charge in [0.25, 0.3) is 0 Å². The summed E-state index contributed by atoms with van der Waals surface area (Å²) in [6.07, 6.45) is 6.78. The van der Waals surface area contributed by atoms with E-state index in [9.17, 15) is 4.79 Å². The Morgan fingerprint density at radius 1 is 1.53 bits per heavy atom. The first-order valence-electron chi connectivity index (χ1n) is 6.02. The van der Waals surface area contributed by atoms with Crippen LogP contribution in [0.3, 0.4) is 0 Å². The van der Waals surface area contributed by atoms with E-state index in [1.807, 2.05) is 6.07 Å². The molecule has 2 rings (SSSR count). The first kappa shape index (κ1) is 12.7. The van der Waals surface area contributed by atoms with Gasteiger partial charge in [0.05, 0.1) is 6.10 Å². The Hall–Kier alpha value is -0.740. The second-order valence-electron chi connectivity index (χ2n) is 4.31. The molecular weight excluding hydrogens is 282 g/mol. The van der Waals surface area contributed by atoms with Gasteiger partial charge in [-0.3, -0.25) is 9.78 Å². The van der Waals surface area contributed by atoms with Gasteiger partial charge in [0.15, 0.2) is 5.78 Å². The second-order valence-corrected chi connectivity index (χ2v) is 5.23. The lowest BCUT2D eigenvalue weighted by atomic mass is 10.1. The highest BCUT2D eigenvalue weighted by Crippen LogP contribution is 2.18. The van der Waals surface area contributed by atoms with E-state index in [1.54, 1.807) is 12.3 Å². The molecule has 92 valence electrons. The van der Waals surface area contributed by atoms with Crippen molar-refractivity contribution in [1.29, 1.82) is 0 Å². The van der Waals surface area contributed by atoms with Crippen LogP contribution in [0.4, 0.5) is 0 Å². The minimum absolute atomic E-state index is 0.121. The van der Waals surface area contributed by atoms with Crippen molar-refractivity contribution in [3.05, 3.63) is 28.5 Å². The van der Waals surface area contributed by atoms with Gasteiger partial charge in [-0.25, -0.2) is 0 Å². The van der Waals surface area contributed by atoms with Crippen LogP contribution in [-0.2, 0) is 4.74 Å². The van der Waals surface area contributed by atoms with Gasteiger partial charge >= 0.3 is 0 Å². The van der Waals surface area contributed by atoms with E-state index in [0.717, 1.165) is 36.8 Å². The number of ketones is 1. The zero-order chi connectivity index (χ0) is 12.1. The van der Waals surface area contributed by atoms with E-state index in [1.165, 1.54) is 0 Å². The summed E-state index contributed by atoms with van der Waals surface area (Å²) in [4.78, 5) is 15.9. The fraction of sp³-hybridized carbons (Fsp3) is 0.538. The van der Waals surface area contributed by atoms with E-state index >= 15 is 0 Å². The van der Waals surface area contributed by atoms with Gasteiger partial charge in [0.2, 0.25) is 0 Å². The molecule has 0 saturated carbocycles. The molecule has 17 heavy (non-hydrogen) atoms. The number of hydrogen-bond donors (Lipinski definition) is 0. The van der Waals surface area contributed by atoms with Crippen LogP contribution in [0.25, 0.3) is 0 Å². The lowest BCUT2D eigenvalue weighted by molar-refractivity contribution is 0.0919. The Balaban J connectivity index is 1.75. The average Bonchev–Trinajstić information content (AvgIpc) is 2.83. The Kier molecular flexibility index (Phi) is 4.68. The summed E-state index contributed by atoms with van der Waals surface area (Å²) in [5, 5.41) is 0. The predicted molar refractivity (Wildman–Crippen MR) is 69.1 cm³/mol. The third-order valence-corrected chi connectivity index (χ3v) is 3.44. The standard InChI is InChI=1S/C13H16BrNO2/c14-10-6-7-12(15-9-10)13(16)5-1-3-11-4-2-8-17-11/h6-7,9,11H,1-5,8H2. The Bertz CT molecular complexity index is 372. The SMILES string of the molecule is O=C(CCCC1CCCO1)c1ccc(Br)cn1. The van der Waals surface area contributed by atoms with Crippen LogP contribution in [0.5, 0.6) is 0 Å². The largest absolute Gasteiger partial charge is 0.378 e. The van der Waals surface area contributed by atoms with Crippen LogP contribution in [-0.4, -0.2) is 23.5 Å². The van der Waals surface area contributed by atoms with E-state index in [2.05, 4.69) is 20.9 Å². The summed E-state index contributed by atoms with van der Waals surface area (Å²) in [7, 11) is 0. The molecule has 1 aliphatic heterocycles. The van der Waals surface area contributed by atoms with Gasteiger partial charge in [0.1, 0.15) is 5.69 Å². The minimum atomic E-state index is 0.121. The molecule has 0 N–H and O–H groups in total. The van der Waals surface area contributed by atoms with Crippen LogP contribution < -0.4 is 0 Å². The van der Waals surface area contributed by atoms with Gasteiger partial charge < -0.3 is 4.74 Å². The van der Waals surface area contributed by atoms with Crippen molar-refractivity contribution in [1.82, 2.24) is 4.98 Å². The van der Waals surface area contributed by atoms with Crippen molar-refractivity contribution in [2.75, 3.05) is 6.61 Å². The molecule has 1 aliphatic rings. The summed E-state index contributed by atoms with van der Waals surface area (Å²) in [6, 6.07) is 3.61. The van der Waals surface area contributed by atoms with Gasteiger partial charge in [-0.1, -0.05) is 0 Å². The fourth-order valence-electron chi connectivity index (χ4n) is 2.03. The number of nitrogens with zero attached hydrogens (tertiary/aromatic N) is 1. The highest BCUT2D eigenvalue weighted by molar-refractivity contribution is 9.10. The molecule has 1 aromatic rings. The molecular formula is C13H16BrNO2. The van der Waals surface area contributed by atoms with E-state index in [0.29, 0.717) is 18.2 Å². The van der Waals surface area contributed by atoms with Gasteiger partial charge in [-0.05, 0) is 53.7 Å². The highest BCUT2D eigenvalue weighted by Gasteiger charge is 2.16. The number of Topliss-reactive ketones (excluding diaryl/α,β-unsaturated/α-hetero) is 1. The minimum Gasteiger partial charge on any atom is -0.378 e. The molecule has 0 spiro atoms. The summed E-state index contributed by atoms with van der Waals surface area (Å²) in [5.74, 6) is 0.121. The number of rotatable bonds is 5. The molecule has 1 fully saturated rings. The molecule has 0 amide bonds. The molecule has 0 radical (unpaired) electrons. The van der Waals surface area contributed by atoms with Crippen molar-refractivity contribution >= 4 is 21.7 Å². The molecule has 0 aliphatic carbocycles. The van der Waals surface area contributed by atoms with Crippen LogP contribution in [0.1, 0.15) is 42.6 Å². The van der Waals surface area contributed by atoms with Crippen LogP contribution >= 0.6 is 15.9 Å². The number of aromatic nitrogens is 1. The van der Waals surface area contributed by atoms with Crippen LogP contribution in [0, 0.1) is 0 Å². The molecule has 4 heteroatoms. The summed E-state index contributed by atoms with van der Waals surface area (Å²) in [5.41, 5.74) is 0.556. The number of pyridine rings is 1. The maximum atomic E-state index is 11.8. The molecule has 0 bridgehead atoms. The highest BCUT2D eigenvalue weighted by atomic mass is 79.9. The quantitative estimate of drug-likeness (QED) is 0.782. The smallest absolute Gasteiger partial charge is 0.181 e. The molecule has 3 nitrogen and oxygen atoms in total. The van der Waals surface area contributed by atoms with Crippen molar-refractivity contribution in [2.45, 2.75) is 38.2 Å². The molecule has 1 saturated heterocycles. The summed E-state index contributed by atoms with van der Waals surface area (Å²) in [6.45, 7) is 0.882. The third-order valence-electron chi connectivity index (χ3n) is 2.97. The Labute approximate surface area is 110 Å². The maximum Gasteiger partial charge on any atom is 0.181 e. The first-order valence-corrected chi connectivity index (χ1v) is 6.81. The molecule has 0 aromatic carbocycles. The zero-order valence-corrected chi connectivity index (χ0v) is 11.3. The molecule has 1 aromatic heterocycles. The maximum absolute atomic E-state index is 11.8. The number of ether oxygens (including phenoxy) is 1. The monoisotopic (exact) mass is 297 g/mol. The number of carbonyl (C=O) groups is 1. The second kappa shape index (κ2) is 6.26. The lowest BCUT2D eigenvalue weighted by Gasteiger charge is -2.07. The molecule has 1 unspecified atom stereocenters. The van der Waals surface area contributed by atoms with Crippen LogP contribution in [0.2, 0.25) is 0 Å². The Morgan fingerprint density at radius 3 is 3.06 bits per heavy atom. The fourth-order valence-corrected chi connectivity index (χ4v) is 2.27. The zero-order valence-electron chi connectivity index (χ0n) is 9.69. The molecule has 2 heterocycles. The first-order chi connectivity index (χ1) is 8.25. The van der Waals surface area contributed by atoms with Crippen molar-refractivity contribution in [2.24, 2.45) is 0 Å². The van der Waals surface area contributed by atoms with Crippen molar-refractivity contribution < 1.29 is 9.53 Å². The van der Waals surface area contributed by atoms with Crippen molar-refractivity contribution in [3.8, 4) is 0 Å². The lowest BCUT2D eigenvalue weighted by Crippen LogP contribution is -2.07. The third kappa shape index (κ3) is 3.89. The van der Waals surface area contributed by atoms with Crippen molar-refractivity contribution in [3.63, 3.8) is 0 Å². The summed E-state index contributed by atoms with van der Waals surface area (Å²) < 4.78 is 6.42. The number of halogens is 1. The topological polar surface area (TPSA) is 39.2 Å². The van der Waals surface area contributed by atoms with Gasteiger partial charge in [0, 0.05) is 23.7 Å². The number of hydrogen-bond acceptors (Lipinski definition) is 3. The summed E-state index contributed by atoms with van der Waals surface area (Å²) >= 11 is 3.30. The normalized spacial score (nSPS) is 19.5. The number of carbonyl (C=O) groups excluding carboxylic acids is 1. The predicted octanol–water partition coefficient (Wildman–Crippen LogP) is 3.38. The van der Waals surface area contributed by atoms with E-state index in [4.69, 9.17) is 4.74 Å². The van der Waals surface area contributed by atoms with Crippen LogP contribution in [0.15, 0.2) is 22.8 Å².